The van der Waals surface area contributed by atoms with Gasteiger partial charge in [0.15, 0.2) is 0 Å². The molecule has 4 heterocycles. The summed E-state index contributed by atoms with van der Waals surface area (Å²) in [7, 11) is 0. The van der Waals surface area contributed by atoms with E-state index >= 15 is 0 Å². The summed E-state index contributed by atoms with van der Waals surface area (Å²) in [5.41, 5.74) is 1.86. The van der Waals surface area contributed by atoms with Gasteiger partial charge in [0.1, 0.15) is 24.5 Å². The molecule has 4 aromatic rings. The van der Waals surface area contributed by atoms with Gasteiger partial charge in [-0.15, -0.1) is 16.4 Å². The maximum absolute atomic E-state index is 5.93. The van der Waals surface area contributed by atoms with Gasteiger partial charge in [0.05, 0.1) is 16.4 Å². The highest BCUT2D eigenvalue weighted by molar-refractivity contribution is 7.09. The number of pyridine rings is 1. The van der Waals surface area contributed by atoms with E-state index in [4.69, 9.17) is 9.72 Å². The predicted octanol–water partition coefficient (Wildman–Crippen LogP) is 3.72. The Morgan fingerprint density at radius 2 is 2.06 bits per heavy atom. The number of rotatable bonds is 6. The number of nitrogens with zero attached hydrogens (tertiary/aromatic N) is 7. The summed E-state index contributed by atoms with van der Waals surface area (Å²) in [4.78, 5) is 11.8. The molecule has 0 saturated carbocycles. The van der Waals surface area contributed by atoms with Crippen molar-refractivity contribution in [2.45, 2.75) is 25.9 Å². The maximum Gasteiger partial charge on any atom is 0.143 e. The fourth-order valence-electron chi connectivity index (χ4n) is 3.95. The van der Waals surface area contributed by atoms with E-state index in [0.29, 0.717) is 18.4 Å². The zero-order chi connectivity index (χ0) is 21.0. The second kappa shape index (κ2) is 8.81. The third kappa shape index (κ3) is 4.41. The number of hydrogen-bond acceptors (Lipinski definition) is 8. The molecule has 0 bridgehead atoms. The quantitative estimate of drug-likeness (QED) is 0.458. The lowest BCUT2D eigenvalue weighted by atomic mass is 9.87. The van der Waals surface area contributed by atoms with Crippen LogP contribution in [0.3, 0.4) is 0 Å². The van der Waals surface area contributed by atoms with Crippen LogP contribution in [-0.2, 0) is 6.61 Å². The molecule has 158 valence electrons. The maximum atomic E-state index is 5.93. The van der Waals surface area contributed by atoms with Crippen LogP contribution >= 0.6 is 11.3 Å². The first-order valence-corrected chi connectivity index (χ1v) is 11.2. The lowest BCUT2D eigenvalue weighted by Crippen LogP contribution is -2.38. The largest absolute Gasteiger partial charge is 0.487 e. The van der Waals surface area contributed by atoms with Gasteiger partial charge in [0.2, 0.25) is 0 Å². The van der Waals surface area contributed by atoms with Gasteiger partial charge in [-0.3, -0.25) is 0 Å². The lowest BCUT2D eigenvalue weighted by Gasteiger charge is -2.36. The van der Waals surface area contributed by atoms with Crippen LogP contribution in [0.25, 0.3) is 5.69 Å². The van der Waals surface area contributed by atoms with Crippen LogP contribution in [0.1, 0.15) is 30.0 Å². The third-order valence-electron chi connectivity index (χ3n) is 5.60. The van der Waals surface area contributed by atoms with Crippen LogP contribution in [0, 0.1) is 5.92 Å². The van der Waals surface area contributed by atoms with Gasteiger partial charge in [-0.2, -0.15) is 0 Å². The monoisotopic (exact) mass is 433 g/mol. The average molecular weight is 434 g/mol. The van der Waals surface area contributed by atoms with Crippen LogP contribution in [-0.4, -0.2) is 43.3 Å². The highest BCUT2D eigenvalue weighted by Gasteiger charge is 2.29. The molecule has 0 amide bonds. The topological polar surface area (TPSA) is 81.9 Å². The second-order valence-electron chi connectivity index (χ2n) is 7.72. The van der Waals surface area contributed by atoms with E-state index in [0.717, 1.165) is 42.5 Å². The van der Waals surface area contributed by atoms with Crippen molar-refractivity contribution in [1.82, 2.24) is 30.2 Å². The first-order chi connectivity index (χ1) is 15.3. The molecule has 1 aliphatic heterocycles. The number of ether oxygens (including phenoxy) is 1. The van der Waals surface area contributed by atoms with Crippen molar-refractivity contribution in [3.63, 3.8) is 0 Å². The van der Waals surface area contributed by atoms with Gasteiger partial charge in [0.25, 0.3) is 0 Å². The Morgan fingerprint density at radius 1 is 1.16 bits per heavy atom. The molecule has 1 aromatic carbocycles. The minimum absolute atomic E-state index is 0.460. The van der Waals surface area contributed by atoms with E-state index < -0.39 is 0 Å². The van der Waals surface area contributed by atoms with Gasteiger partial charge in [-0.1, -0.05) is 13.0 Å². The van der Waals surface area contributed by atoms with Crippen molar-refractivity contribution in [3.05, 3.63) is 71.1 Å². The highest BCUT2D eigenvalue weighted by atomic mass is 32.1. The van der Waals surface area contributed by atoms with Crippen molar-refractivity contribution < 1.29 is 4.74 Å². The van der Waals surface area contributed by atoms with Gasteiger partial charge >= 0.3 is 0 Å². The number of hydrogen-bond donors (Lipinski definition) is 0. The first kappa shape index (κ1) is 19.6. The Labute approximate surface area is 184 Å². The molecule has 8 nitrogen and oxygen atoms in total. The highest BCUT2D eigenvalue weighted by Crippen LogP contribution is 2.35. The molecule has 2 unspecified atom stereocenters. The fourth-order valence-corrected chi connectivity index (χ4v) is 5.02. The molecule has 1 aliphatic rings. The molecule has 1 saturated heterocycles. The summed E-state index contributed by atoms with van der Waals surface area (Å²) in [5, 5.41) is 14.5. The number of tetrazole rings is 1. The number of benzene rings is 1. The molecule has 9 heteroatoms. The van der Waals surface area contributed by atoms with Crippen LogP contribution in [0.15, 0.2) is 60.4 Å². The van der Waals surface area contributed by atoms with Crippen molar-refractivity contribution >= 4 is 17.2 Å². The molecule has 0 N–H and O–H groups in total. The normalized spacial score (nSPS) is 18.8. The molecule has 1 fully saturated rings. The zero-order valence-corrected chi connectivity index (χ0v) is 18.0. The van der Waals surface area contributed by atoms with E-state index in [9.17, 15) is 0 Å². The van der Waals surface area contributed by atoms with E-state index in [-0.39, 0.29) is 0 Å². The smallest absolute Gasteiger partial charge is 0.143 e. The lowest BCUT2D eigenvalue weighted by molar-refractivity contribution is 0.301. The summed E-state index contributed by atoms with van der Waals surface area (Å²) < 4.78 is 7.54. The molecular weight excluding hydrogens is 410 g/mol. The predicted molar refractivity (Wildman–Crippen MR) is 119 cm³/mol. The summed E-state index contributed by atoms with van der Waals surface area (Å²) in [5.74, 6) is 2.86. The minimum atomic E-state index is 0.460. The zero-order valence-electron chi connectivity index (χ0n) is 17.2. The minimum Gasteiger partial charge on any atom is -0.487 e. The van der Waals surface area contributed by atoms with Gasteiger partial charge in [-0.25, -0.2) is 14.6 Å². The molecule has 5 rings (SSSR count). The molecule has 0 aliphatic carbocycles. The van der Waals surface area contributed by atoms with Crippen molar-refractivity contribution in [1.29, 1.82) is 0 Å². The average Bonchev–Trinajstić information content (AvgIpc) is 3.51. The Balaban J connectivity index is 1.18. The molecular formula is C22H23N7OS. The van der Waals surface area contributed by atoms with Crippen molar-refractivity contribution in [3.8, 4) is 11.4 Å². The second-order valence-corrected chi connectivity index (χ2v) is 8.61. The molecule has 0 spiro atoms. The SMILES string of the molecule is CC1CN(c2ccccn2)CCC1c1nc(COc2ccc(-n3cnnn3)cc2)cs1. The Hall–Kier alpha value is -3.33. The Kier molecular flexibility index (Phi) is 5.57. The van der Waals surface area contributed by atoms with Crippen LogP contribution in [0.2, 0.25) is 0 Å². The Morgan fingerprint density at radius 3 is 2.81 bits per heavy atom. The van der Waals surface area contributed by atoms with Crippen molar-refractivity contribution in [2.75, 3.05) is 18.0 Å². The summed E-state index contributed by atoms with van der Waals surface area (Å²) in [6, 6.07) is 13.8. The number of piperidine rings is 1. The molecule has 2 atom stereocenters. The van der Waals surface area contributed by atoms with E-state index in [1.165, 1.54) is 5.01 Å². The summed E-state index contributed by atoms with van der Waals surface area (Å²) >= 11 is 1.74. The molecule has 0 radical (unpaired) electrons. The fraction of sp³-hybridized carbons (Fsp3) is 0.318. The van der Waals surface area contributed by atoms with E-state index in [1.54, 1.807) is 22.3 Å². The Bertz CT molecular complexity index is 1100. The van der Waals surface area contributed by atoms with Crippen LogP contribution in [0.5, 0.6) is 5.75 Å². The van der Waals surface area contributed by atoms with E-state index in [1.807, 2.05) is 42.6 Å². The summed E-state index contributed by atoms with van der Waals surface area (Å²) in [6.07, 6.45) is 4.51. The van der Waals surface area contributed by atoms with Crippen LogP contribution < -0.4 is 9.64 Å². The molecule has 3 aromatic heterocycles. The van der Waals surface area contributed by atoms with Crippen molar-refractivity contribution in [2.24, 2.45) is 5.92 Å². The van der Waals surface area contributed by atoms with Crippen LogP contribution in [0.4, 0.5) is 5.82 Å². The number of aromatic nitrogens is 6. The molecule has 31 heavy (non-hydrogen) atoms. The number of thiazole rings is 1. The van der Waals surface area contributed by atoms with Gasteiger partial charge in [-0.05, 0) is 59.2 Å². The summed E-state index contributed by atoms with van der Waals surface area (Å²) in [6.45, 7) is 4.78. The standard InChI is InChI=1S/C22H23N7OS/c1-16-12-28(21-4-2-3-10-23-21)11-9-20(16)22-25-17(14-31-22)13-30-19-7-5-18(6-8-19)29-15-24-26-27-29/h2-8,10,14-16,20H,9,11-13H2,1H3. The van der Waals surface area contributed by atoms with E-state index in [2.05, 4.69) is 43.8 Å². The first-order valence-electron chi connectivity index (χ1n) is 10.3. The van der Waals surface area contributed by atoms with Gasteiger partial charge in [0, 0.05) is 30.6 Å². The third-order valence-corrected chi connectivity index (χ3v) is 6.63. The van der Waals surface area contributed by atoms with Gasteiger partial charge < -0.3 is 9.64 Å². The number of anilines is 1.